The third-order valence-electron chi connectivity index (χ3n) is 5.86. The van der Waals surface area contributed by atoms with Gasteiger partial charge < -0.3 is 15.1 Å². The van der Waals surface area contributed by atoms with Gasteiger partial charge in [0.15, 0.2) is 5.78 Å². The number of hydrogen-bond donors (Lipinski definition) is 2. The first kappa shape index (κ1) is 25.5. The Morgan fingerprint density at radius 3 is 2.54 bits per heavy atom. The van der Waals surface area contributed by atoms with Gasteiger partial charge in [-0.1, -0.05) is 11.8 Å². The molecule has 1 amide bonds. The first-order chi connectivity index (χ1) is 16.5. The maximum Gasteiger partial charge on any atom is 0.416 e. The van der Waals surface area contributed by atoms with Crippen LogP contribution in [0.5, 0.6) is 0 Å². The molecule has 0 radical (unpaired) electrons. The number of piperidine rings is 1. The number of thioether (sulfide) groups is 1. The van der Waals surface area contributed by atoms with Crippen molar-refractivity contribution in [2.75, 3.05) is 25.4 Å². The van der Waals surface area contributed by atoms with E-state index in [1.807, 2.05) is 0 Å². The Morgan fingerprint density at radius 1 is 1.17 bits per heavy atom. The SMILES string of the molecule is Cc1nc(SCC(=O)c2ccc(C3(O)CCN(C(=O)CO)CC3)s2)c2cc(C(F)(F)F)ccc2n1. The summed E-state index contributed by atoms with van der Waals surface area (Å²) in [6, 6.07) is 6.57. The fraction of sp³-hybridized carbons (Fsp3) is 0.391. The van der Waals surface area contributed by atoms with Gasteiger partial charge in [0.2, 0.25) is 5.91 Å². The lowest BCUT2D eigenvalue weighted by Gasteiger charge is -2.37. The number of benzene rings is 1. The summed E-state index contributed by atoms with van der Waals surface area (Å²) in [6.07, 6.45) is -3.93. The van der Waals surface area contributed by atoms with Crippen LogP contribution in [0.1, 0.15) is 38.8 Å². The zero-order valence-electron chi connectivity index (χ0n) is 18.6. The average molecular weight is 526 g/mol. The molecule has 0 aliphatic carbocycles. The smallest absolute Gasteiger partial charge is 0.387 e. The number of hydrogen-bond acceptors (Lipinski definition) is 8. The lowest BCUT2D eigenvalue weighted by molar-refractivity contribution is -0.139. The van der Waals surface area contributed by atoms with E-state index >= 15 is 0 Å². The van der Waals surface area contributed by atoms with Crippen LogP contribution in [-0.2, 0) is 16.6 Å². The van der Waals surface area contributed by atoms with E-state index in [0.29, 0.717) is 39.2 Å². The second kappa shape index (κ2) is 9.84. The van der Waals surface area contributed by atoms with Gasteiger partial charge in [-0.3, -0.25) is 9.59 Å². The third-order valence-corrected chi connectivity index (χ3v) is 8.17. The molecule has 3 heterocycles. The highest BCUT2D eigenvalue weighted by molar-refractivity contribution is 8.00. The van der Waals surface area contributed by atoms with Gasteiger partial charge >= 0.3 is 6.18 Å². The lowest BCUT2D eigenvalue weighted by Crippen LogP contribution is -2.45. The minimum absolute atomic E-state index is 0.0427. The zero-order chi connectivity index (χ0) is 25.4. The maximum absolute atomic E-state index is 13.2. The van der Waals surface area contributed by atoms with Crippen molar-refractivity contribution in [2.45, 2.75) is 36.6 Å². The molecule has 1 aliphatic heterocycles. The third kappa shape index (κ3) is 5.50. The van der Waals surface area contributed by atoms with Crippen molar-refractivity contribution in [3.63, 3.8) is 0 Å². The minimum Gasteiger partial charge on any atom is -0.387 e. The largest absolute Gasteiger partial charge is 0.416 e. The molecule has 0 atom stereocenters. The van der Waals surface area contributed by atoms with Gasteiger partial charge in [-0.15, -0.1) is 11.3 Å². The van der Waals surface area contributed by atoms with Gasteiger partial charge in [-0.2, -0.15) is 13.2 Å². The molecule has 4 rings (SSSR count). The number of carbonyl (C=O) groups excluding carboxylic acids is 2. The standard InChI is InChI=1S/C23H22F3N3O4S2/c1-13-27-16-3-2-14(23(24,25)26)10-15(16)21(28-13)34-12-17(31)18-4-5-19(35-18)22(33)6-8-29(9-7-22)20(32)11-30/h2-5,10,30,33H,6-9,11-12H2,1H3. The molecule has 1 fully saturated rings. The molecule has 0 saturated carbocycles. The number of alkyl halides is 3. The Hall–Kier alpha value is -2.54. The van der Waals surface area contributed by atoms with Crippen LogP contribution in [0.3, 0.4) is 0 Å². The van der Waals surface area contributed by atoms with Crippen molar-refractivity contribution in [2.24, 2.45) is 0 Å². The monoisotopic (exact) mass is 525 g/mol. The molecule has 7 nitrogen and oxygen atoms in total. The van der Waals surface area contributed by atoms with Gasteiger partial charge in [0.05, 0.1) is 21.7 Å². The molecule has 2 aromatic heterocycles. The summed E-state index contributed by atoms with van der Waals surface area (Å²) in [5, 5.41) is 20.6. The summed E-state index contributed by atoms with van der Waals surface area (Å²) in [6.45, 7) is 1.65. The number of aliphatic hydroxyl groups is 2. The van der Waals surface area contributed by atoms with Gasteiger partial charge in [0.1, 0.15) is 23.1 Å². The van der Waals surface area contributed by atoms with E-state index in [0.717, 1.165) is 35.2 Å². The van der Waals surface area contributed by atoms with Gasteiger partial charge in [0.25, 0.3) is 0 Å². The predicted octanol–water partition coefficient (Wildman–Crippen LogP) is 3.80. The Labute approximate surface area is 207 Å². The van der Waals surface area contributed by atoms with Crippen molar-refractivity contribution in [3.8, 4) is 0 Å². The number of rotatable bonds is 6. The Kier molecular flexibility index (Phi) is 7.18. The quantitative estimate of drug-likeness (QED) is 0.287. The molecule has 186 valence electrons. The molecule has 1 aromatic carbocycles. The zero-order valence-corrected chi connectivity index (χ0v) is 20.3. The number of aliphatic hydroxyl groups excluding tert-OH is 1. The fourth-order valence-electron chi connectivity index (χ4n) is 3.91. The van der Waals surface area contributed by atoms with Crippen molar-refractivity contribution in [3.05, 3.63) is 51.5 Å². The number of Topliss-reactive ketones (excluding diaryl/α,β-unsaturated/α-hetero) is 1. The summed E-state index contributed by atoms with van der Waals surface area (Å²) in [5.74, 6) is -0.280. The summed E-state index contributed by atoms with van der Waals surface area (Å²) >= 11 is 2.21. The Morgan fingerprint density at radius 2 is 1.89 bits per heavy atom. The number of ketones is 1. The number of fused-ring (bicyclic) bond motifs is 1. The van der Waals surface area contributed by atoms with Crippen molar-refractivity contribution in [1.29, 1.82) is 0 Å². The summed E-state index contributed by atoms with van der Waals surface area (Å²) in [4.78, 5) is 35.5. The number of thiophene rings is 1. The van der Waals surface area contributed by atoms with E-state index in [9.17, 15) is 27.9 Å². The number of carbonyl (C=O) groups is 2. The molecule has 12 heteroatoms. The van der Waals surface area contributed by atoms with Crippen LogP contribution >= 0.6 is 23.1 Å². The van der Waals surface area contributed by atoms with Gasteiger partial charge in [-0.05, 0) is 50.1 Å². The van der Waals surface area contributed by atoms with Crippen LogP contribution < -0.4 is 0 Å². The van der Waals surface area contributed by atoms with E-state index in [1.54, 1.807) is 19.1 Å². The normalized spacial score (nSPS) is 16.0. The highest BCUT2D eigenvalue weighted by Gasteiger charge is 2.37. The van der Waals surface area contributed by atoms with Crippen molar-refractivity contribution >= 4 is 45.7 Å². The van der Waals surface area contributed by atoms with Crippen LogP contribution in [0.4, 0.5) is 13.2 Å². The van der Waals surface area contributed by atoms with Crippen LogP contribution in [0.25, 0.3) is 10.9 Å². The lowest BCUT2D eigenvalue weighted by atomic mass is 9.90. The number of halogens is 3. The molecule has 1 saturated heterocycles. The molecule has 2 N–H and O–H groups in total. The Balaban J connectivity index is 1.48. The first-order valence-electron chi connectivity index (χ1n) is 10.7. The number of aromatic nitrogens is 2. The number of amides is 1. The summed E-state index contributed by atoms with van der Waals surface area (Å²) in [7, 11) is 0. The first-order valence-corrected chi connectivity index (χ1v) is 12.5. The van der Waals surface area contributed by atoms with Gasteiger partial charge in [0, 0.05) is 23.4 Å². The molecule has 0 bridgehead atoms. The highest BCUT2D eigenvalue weighted by atomic mass is 32.2. The second-order valence-corrected chi connectivity index (χ2v) is 10.3. The molecular weight excluding hydrogens is 503 g/mol. The Bertz CT molecular complexity index is 1270. The molecule has 3 aromatic rings. The van der Waals surface area contributed by atoms with E-state index in [2.05, 4.69) is 9.97 Å². The highest BCUT2D eigenvalue weighted by Crippen LogP contribution is 2.38. The van der Waals surface area contributed by atoms with E-state index in [1.165, 1.54) is 11.0 Å². The van der Waals surface area contributed by atoms with Crippen LogP contribution in [0, 0.1) is 6.92 Å². The van der Waals surface area contributed by atoms with Crippen LogP contribution in [0.2, 0.25) is 0 Å². The number of aryl methyl sites for hydroxylation is 1. The fourth-order valence-corrected chi connectivity index (χ4v) is 6.03. The summed E-state index contributed by atoms with van der Waals surface area (Å²) < 4.78 is 39.5. The van der Waals surface area contributed by atoms with Gasteiger partial charge in [-0.25, -0.2) is 9.97 Å². The van der Waals surface area contributed by atoms with E-state index in [4.69, 9.17) is 5.11 Å². The molecule has 0 spiro atoms. The predicted molar refractivity (Wildman–Crippen MR) is 125 cm³/mol. The topological polar surface area (TPSA) is 104 Å². The average Bonchev–Trinajstić information content (AvgIpc) is 3.33. The minimum atomic E-state index is -4.51. The second-order valence-electron chi connectivity index (χ2n) is 8.25. The molecule has 1 aliphatic rings. The maximum atomic E-state index is 13.2. The molecule has 35 heavy (non-hydrogen) atoms. The van der Waals surface area contributed by atoms with Crippen molar-refractivity contribution in [1.82, 2.24) is 14.9 Å². The van der Waals surface area contributed by atoms with E-state index < -0.39 is 23.9 Å². The van der Waals surface area contributed by atoms with E-state index in [-0.39, 0.29) is 35.7 Å². The number of likely N-dealkylation sites (tertiary alicyclic amines) is 1. The van der Waals surface area contributed by atoms with Crippen molar-refractivity contribution < 1.29 is 33.0 Å². The molecule has 0 unspecified atom stereocenters. The van der Waals surface area contributed by atoms with Crippen LogP contribution in [-0.4, -0.2) is 62.2 Å². The number of nitrogens with zero attached hydrogens (tertiary/aromatic N) is 3. The molecular formula is C23H22F3N3O4S2. The summed E-state index contributed by atoms with van der Waals surface area (Å²) in [5.41, 5.74) is -1.61. The van der Waals surface area contributed by atoms with Crippen LogP contribution in [0.15, 0.2) is 35.4 Å².